The lowest BCUT2D eigenvalue weighted by molar-refractivity contribution is -0.124. The van der Waals surface area contributed by atoms with Crippen LogP contribution in [0.25, 0.3) is 0 Å². The summed E-state index contributed by atoms with van der Waals surface area (Å²) in [5.41, 5.74) is -0.744. The van der Waals surface area contributed by atoms with Crippen LogP contribution in [0.1, 0.15) is 31.3 Å². The highest BCUT2D eigenvalue weighted by atomic mass is 16.3. The van der Waals surface area contributed by atoms with Crippen molar-refractivity contribution in [3.05, 3.63) is 24.2 Å². The van der Waals surface area contributed by atoms with Gasteiger partial charge in [0.1, 0.15) is 0 Å². The highest BCUT2D eigenvalue weighted by molar-refractivity contribution is 5.94. The SMILES string of the molecule is CC(O)C(C)(C)NC(=O)CN(C)C(=O)c1ccco1. The summed E-state index contributed by atoms with van der Waals surface area (Å²) in [6, 6.07) is 3.15. The number of aliphatic hydroxyl groups excluding tert-OH is 1. The van der Waals surface area contributed by atoms with Crippen molar-refractivity contribution in [1.29, 1.82) is 0 Å². The molecule has 1 unspecified atom stereocenters. The molecule has 0 bridgehead atoms. The number of likely N-dealkylation sites (N-methyl/N-ethyl adjacent to an activating group) is 1. The number of nitrogens with zero attached hydrogens (tertiary/aromatic N) is 1. The summed E-state index contributed by atoms with van der Waals surface area (Å²) < 4.78 is 4.97. The number of carbonyl (C=O) groups is 2. The maximum atomic E-state index is 11.8. The summed E-state index contributed by atoms with van der Waals surface area (Å²) in [5.74, 6) is -0.520. The van der Waals surface area contributed by atoms with E-state index in [1.54, 1.807) is 26.8 Å². The number of hydrogen-bond acceptors (Lipinski definition) is 4. The molecule has 0 saturated heterocycles. The highest BCUT2D eigenvalue weighted by Crippen LogP contribution is 2.08. The Balaban J connectivity index is 2.55. The normalized spacial score (nSPS) is 12.9. The summed E-state index contributed by atoms with van der Waals surface area (Å²) in [5, 5.41) is 12.2. The molecule has 0 radical (unpaired) electrons. The minimum atomic E-state index is -0.744. The molecule has 0 aliphatic heterocycles. The average Bonchev–Trinajstić information content (AvgIpc) is 2.79. The topological polar surface area (TPSA) is 82.8 Å². The van der Waals surface area contributed by atoms with Crippen LogP contribution >= 0.6 is 0 Å². The summed E-state index contributed by atoms with van der Waals surface area (Å²) in [6.45, 7) is 4.92. The van der Waals surface area contributed by atoms with Gasteiger partial charge in [-0.05, 0) is 32.9 Å². The zero-order valence-corrected chi connectivity index (χ0v) is 11.6. The Morgan fingerprint density at radius 1 is 1.53 bits per heavy atom. The van der Waals surface area contributed by atoms with E-state index >= 15 is 0 Å². The fourth-order valence-corrected chi connectivity index (χ4v) is 1.38. The molecule has 1 heterocycles. The van der Waals surface area contributed by atoms with Gasteiger partial charge < -0.3 is 19.7 Å². The second-order valence-corrected chi connectivity index (χ2v) is 5.08. The third kappa shape index (κ3) is 4.10. The lowest BCUT2D eigenvalue weighted by Crippen LogP contribution is -2.53. The Morgan fingerprint density at radius 2 is 2.16 bits per heavy atom. The molecule has 0 saturated carbocycles. The van der Waals surface area contributed by atoms with Crippen molar-refractivity contribution in [1.82, 2.24) is 10.2 Å². The molecule has 2 N–H and O–H groups in total. The van der Waals surface area contributed by atoms with Crippen molar-refractivity contribution < 1.29 is 19.1 Å². The first-order valence-electron chi connectivity index (χ1n) is 6.02. The van der Waals surface area contributed by atoms with Crippen LogP contribution in [0.15, 0.2) is 22.8 Å². The van der Waals surface area contributed by atoms with Gasteiger partial charge in [-0.3, -0.25) is 9.59 Å². The van der Waals surface area contributed by atoms with Gasteiger partial charge in [0.25, 0.3) is 5.91 Å². The number of furan rings is 1. The van der Waals surface area contributed by atoms with Gasteiger partial charge in [-0.2, -0.15) is 0 Å². The van der Waals surface area contributed by atoms with Crippen molar-refractivity contribution in [3.8, 4) is 0 Å². The van der Waals surface area contributed by atoms with Crippen LogP contribution in [-0.4, -0.2) is 47.1 Å². The minimum Gasteiger partial charge on any atom is -0.459 e. The van der Waals surface area contributed by atoms with Crippen LogP contribution in [-0.2, 0) is 4.79 Å². The highest BCUT2D eigenvalue weighted by Gasteiger charge is 2.27. The van der Waals surface area contributed by atoms with E-state index in [1.807, 2.05) is 0 Å². The Morgan fingerprint density at radius 3 is 2.63 bits per heavy atom. The Kier molecular flexibility index (Phi) is 4.72. The van der Waals surface area contributed by atoms with E-state index in [2.05, 4.69) is 5.32 Å². The smallest absolute Gasteiger partial charge is 0.289 e. The van der Waals surface area contributed by atoms with E-state index in [0.29, 0.717) is 0 Å². The molecule has 19 heavy (non-hydrogen) atoms. The van der Waals surface area contributed by atoms with Crippen molar-refractivity contribution in [2.75, 3.05) is 13.6 Å². The standard InChI is InChI=1S/C13H20N2O4/c1-9(16)13(2,3)14-11(17)8-15(4)12(18)10-6-5-7-19-10/h5-7,9,16H,8H2,1-4H3,(H,14,17). The first-order chi connectivity index (χ1) is 8.74. The number of rotatable bonds is 5. The molecule has 0 aliphatic rings. The number of nitrogens with one attached hydrogen (secondary N) is 1. The monoisotopic (exact) mass is 268 g/mol. The molecule has 106 valence electrons. The third-order valence-electron chi connectivity index (χ3n) is 2.97. The molecule has 1 aromatic rings. The van der Waals surface area contributed by atoms with Crippen LogP contribution in [0.3, 0.4) is 0 Å². The number of hydrogen-bond donors (Lipinski definition) is 2. The van der Waals surface area contributed by atoms with E-state index in [0.717, 1.165) is 0 Å². The van der Waals surface area contributed by atoms with Gasteiger partial charge in [-0.1, -0.05) is 0 Å². The first-order valence-corrected chi connectivity index (χ1v) is 6.02. The van der Waals surface area contributed by atoms with Crippen molar-refractivity contribution in [2.45, 2.75) is 32.4 Å². The van der Waals surface area contributed by atoms with Gasteiger partial charge in [-0.15, -0.1) is 0 Å². The summed E-state index contributed by atoms with van der Waals surface area (Å²) >= 11 is 0. The van der Waals surface area contributed by atoms with Gasteiger partial charge in [0.2, 0.25) is 5.91 Å². The quantitative estimate of drug-likeness (QED) is 0.820. The number of aliphatic hydroxyl groups is 1. The van der Waals surface area contributed by atoms with Gasteiger partial charge in [0.05, 0.1) is 24.5 Å². The third-order valence-corrected chi connectivity index (χ3v) is 2.97. The molecule has 0 aromatic carbocycles. The van der Waals surface area contributed by atoms with E-state index in [9.17, 15) is 14.7 Å². The van der Waals surface area contributed by atoms with E-state index in [4.69, 9.17) is 4.42 Å². The van der Waals surface area contributed by atoms with Crippen LogP contribution in [0.2, 0.25) is 0 Å². The molecular weight excluding hydrogens is 248 g/mol. The molecule has 0 spiro atoms. The Labute approximate surface area is 112 Å². The number of carbonyl (C=O) groups excluding carboxylic acids is 2. The second-order valence-electron chi connectivity index (χ2n) is 5.08. The van der Waals surface area contributed by atoms with Crippen molar-refractivity contribution >= 4 is 11.8 Å². The molecule has 1 atom stereocenters. The summed E-state index contributed by atoms with van der Waals surface area (Å²) in [7, 11) is 1.51. The molecule has 6 nitrogen and oxygen atoms in total. The van der Waals surface area contributed by atoms with Crippen LogP contribution in [0, 0.1) is 0 Å². The van der Waals surface area contributed by atoms with Gasteiger partial charge in [0.15, 0.2) is 5.76 Å². The van der Waals surface area contributed by atoms with Gasteiger partial charge in [0, 0.05) is 7.05 Å². The average molecular weight is 268 g/mol. The molecule has 1 aromatic heterocycles. The minimum absolute atomic E-state index is 0.102. The first kappa shape index (κ1) is 15.2. The lowest BCUT2D eigenvalue weighted by atomic mass is 9.99. The molecule has 0 fully saturated rings. The van der Waals surface area contributed by atoms with E-state index in [-0.39, 0.29) is 24.1 Å². The maximum absolute atomic E-state index is 11.8. The molecule has 2 amide bonds. The predicted octanol–water partition coefficient (Wildman–Crippen LogP) is 0.627. The zero-order chi connectivity index (χ0) is 14.6. The van der Waals surface area contributed by atoms with E-state index < -0.39 is 11.6 Å². The van der Waals surface area contributed by atoms with Gasteiger partial charge in [-0.25, -0.2) is 0 Å². The fourth-order valence-electron chi connectivity index (χ4n) is 1.38. The molecular formula is C13H20N2O4. The van der Waals surface area contributed by atoms with Crippen LogP contribution in [0.4, 0.5) is 0 Å². The second kappa shape index (κ2) is 5.88. The molecule has 0 aliphatic carbocycles. The molecule has 6 heteroatoms. The summed E-state index contributed by atoms with van der Waals surface area (Å²) in [6.07, 6.45) is 0.708. The fraction of sp³-hybridized carbons (Fsp3) is 0.538. The van der Waals surface area contributed by atoms with Crippen molar-refractivity contribution in [2.24, 2.45) is 0 Å². The van der Waals surface area contributed by atoms with Crippen molar-refractivity contribution in [3.63, 3.8) is 0 Å². The predicted molar refractivity (Wildman–Crippen MR) is 69.6 cm³/mol. The largest absolute Gasteiger partial charge is 0.459 e. The maximum Gasteiger partial charge on any atom is 0.289 e. The zero-order valence-electron chi connectivity index (χ0n) is 11.6. The van der Waals surface area contributed by atoms with Crippen LogP contribution in [0.5, 0.6) is 0 Å². The van der Waals surface area contributed by atoms with E-state index in [1.165, 1.54) is 24.3 Å². The van der Waals surface area contributed by atoms with Crippen LogP contribution < -0.4 is 5.32 Å². The lowest BCUT2D eigenvalue weighted by Gasteiger charge is -2.30. The Hall–Kier alpha value is -1.82. The molecule has 1 rings (SSSR count). The Bertz CT molecular complexity index is 438. The summed E-state index contributed by atoms with van der Waals surface area (Å²) in [4.78, 5) is 24.9. The number of amides is 2. The van der Waals surface area contributed by atoms with Gasteiger partial charge >= 0.3 is 0 Å².